The molecule has 0 N–H and O–H groups in total. The highest BCUT2D eigenvalue weighted by Crippen LogP contribution is 2.50. The van der Waals surface area contributed by atoms with E-state index in [2.05, 4.69) is 207 Å². The molecule has 2 heteroatoms. The largest absolute Gasteiger partial charge is 0.489 e. The minimum Gasteiger partial charge on any atom is -0.489 e. The van der Waals surface area contributed by atoms with Crippen LogP contribution in [0.3, 0.4) is 0 Å². The fraction of sp³-hybridized carbons (Fsp3) is 0.143. The second-order valence-corrected chi connectivity index (χ2v) is 16.1. The fourth-order valence-corrected chi connectivity index (χ4v) is 9.04. The minimum absolute atomic E-state index is 0.320. The van der Waals surface area contributed by atoms with Gasteiger partial charge in [0.15, 0.2) is 0 Å². The summed E-state index contributed by atoms with van der Waals surface area (Å²) in [4.78, 5) is 2.36. The number of benzene rings is 8. The predicted molar refractivity (Wildman–Crippen MR) is 243 cm³/mol. The Morgan fingerprint density at radius 1 is 0.397 bits per heavy atom. The topological polar surface area (TPSA) is 12.5 Å². The maximum Gasteiger partial charge on any atom is 0.131 e. The first-order valence-electron chi connectivity index (χ1n) is 20.8. The van der Waals surface area contributed by atoms with Crippen LogP contribution in [0.2, 0.25) is 0 Å². The second-order valence-electron chi connectivity index (χ2n) is 16.1. The van der Waals surface area contributed by atoms with Crippen LogP contribution in [-0.2, 0) is 0 Å². The molecule has 0 bridgehead atoms. The Kier molecular flexibility index (Phi) is 9.47. The van der Waals surface area contributed by atoms with Crippen molar-refractivity contribution >= 4 is 17.1 Å². The molecule has 2 nitrogen and oxygen atoms in total. The molecule has 10 rings (SSSR count). The highest BCUT2D eigenvalue weighted by molar-refractivity contribution is 5.83. The highest BCUT2D eigenvalue weighted by Gasteiger charge is 2.37. The van der Waals surface area contributed by atoms with Crippen LogP contribution in [-0.4, -0.2) is 6.10 Å². The predicted octanol–water partition coefficient (Wildman–Crippen LogP) is 15.5. The quantitative estimate of drug-likeness (QED) is 0.153. The van der Waals surface area contributed by atoms with Gasteiger partial charge in [0.25, 0.3) is 0 Å². The van der Waals surface area contributed by atoms with E-state index >= 15 is 0 Å². The van der Waals surface area contributed by atoms with Crippen LogP contribution in [0.4, 0.5) is 17.1 Å². The van der Waals surface area contributed by atoms with E-state index in [9.17, 15) is 0 Å². The maximum absolute atomic E-state index is 6.67. The Morgan fingerprint density at radius 2 is 0.793 bits per heavy atom. The summed E-state index contributed by atoms with van der Waals surface area (Å²) >= 11 is 0. The van der Waals surface area contributed by atoms with Crippen LogP contribution in [0.25, 0.3) is 55.6 Å². The zero-order chi connectivity index (χ0) is 39.0. The molecule has 282 valence electrons. The van der Waals surface area contributed by atoms with Crippen molar-refractivity contribution in [2.45, 2.75) is 51.6 Å². The smallest absolute Gasteiger partial charge is 0.131 e. The van der Waals surface area contributed by atoms with Crippen LogP contribution in [0.5, 0.6) is 5.75 Å². The third kappa shape index (κ3) is 7.01. The Bertz CT molecular complexity index is 2560. The van der Waals surface area contributed by atoms with E-state index in [4.69, 9.17) is 4.74 Å². The van der Waals surface area contributed by atoms with Gasteiger partial charge in [-0.3, -0.25) is 0 Å². The van der Waals surface area contributed by atoms with Gasteiger partial charge < -0.3 is 9.64 Å². The lowest BCUT2D eigenvalue weighted by molar-refractivity contribution is 0.164. The van der Waals surface area contributed by atoms with Gasteiger partial charge in [0, 0.05) is 34.1 Å². The summed E-state index contributed by atoms with van der Waals surface area (Å²) < 4.78 is 6.67. The van der Waals surface area contributed by atoms with Crippen molar-refractivity contribution in [2.75, 3.05) is 4.90 Å². The normalized spacial score (nSPS) is 15.6. The van der Waals surface area contributed by atoms with Crippen LogP contribution >= 0.6 is 0 Å². The number of anilines is 3. The van der Waals surface area contributed by atoms with Gasteiger partial charge in [0.05, 0.1) is 0 Å². The molecule has 1 fully saturated rings. The average Bonchev–Trinajstić information content (AvgIpc) is 3.67. The van der Waals surface area contributed by atoms with Crippen molar-refractivity contribution in [3.63, 3.8) is 0 Å². The highest BCUT2D eigenvalue weighted by atomic mass is 16.5. The third-order valence-electron chi connectivity index (χ3n) is 12.3. The summed E-state index contributed by atoms with van der Waals surface area (Å²) in [5.41, 5.74) is 19.3. The summed E-state index contributed by atoms with van der Waals surface area (Å²) in [7, 11) is 0. The molecule has 0 spiro atoms. The van der Waals surface area contributed by atoms with E-state index < -0.39 is 0 Å². The number of fused-ring (bicyclic) bond motifs is 3. The molecule has 1 saturated carbocycles. The number of aryl methyl sites for hydroxylation is 2. The average molecular weight is 750 g/mol. The molecule has 0 amide bonds. The molecule has 1 aliphatic heterocycles. The van der Waals surface area contributed by atoms with Crippen molar-refractivity contribution < 1.29 is 4.74 Å². The number of rotatable bonds is 8. The zero-order valence-corrected chi connectivity index (χ0v) is 33.2. The Labute approximate surface area is 343 Å². The van der Waals surface area contributed by atoms with Crippen LogP contribution in [0, 0.1) is 13.8 Å². The minimum atomic E-state index is 0.320. The van der Waals surface area contributed by atoms with Crippen LogP contribution in [0.15, 0.2) is 188 Å². The van der Waals surface area contributed by atoms with Gasteiger partial charge in [-0.05, 0) is 132 Å². The number of hydrogen-bond acceptors (Lipinski definition) is 2. The van der Waals surface area contributed by atoms with Crippen LogP contribution < -0.4 is 9.64 Å². The summed E-state index contributed by atoms with van der Waals surface area (Å²) in [5, 5.41) is 0. The molecule has 0 aromatic heterocycles. The van der Waals surface area contributed by atoms with E-state index in [-0.39, 0.29) is 0 Å². The Morgan fingerprint density at radius 3 is 1.26 bits per heavy atom. The van der Waals surface area contributed by atoms with Crippen molar-refractivity contribution in [2.24, 2.45) is 0 Å². The van der Waals surface area contributed by atoms with Gasteiger partial charge in [0.2, 0.25) is 0 Å². The van der Waals surface area contributed by atoms with E-state index in [1.54, 1.807) is 0 Å². The standard InChI is InChI=1S/C56H47NO/c1-38-16-20-40(21-17-38)45-8-5-10-47(36-45)42-24-30-49(31-25-42)57(50-32-26-43(27-33-50)48-11-6-9-46(37-48)41-22-18-39(2)19-23-41)51-34-28-44(29-35-51)52-13-7-14-54-53-12-3-4-15-55(53)58-56(52)54/h5-11,13-14,16-37,53,55H,3-4,12,15H2,1-2H3. The number of ether oxygens (including phenoxy) is 1. The summed E-state index contributed by atoms with van der Waals surface area (Å²) in [6, 6.07) is 69.0. The molecular weight excluding hydrogens is 703 g/mol. The van der Waals surface area contributed by atoms with Gasteiger partial charge in [-0.15, -0.1) is 0 Å². The van der Waals surface area contributed by atoms with E-state index in [1.807, 2.05) is 0 Å². The summed E-state index contributed by atoms with van der Waals surface area (Å²) in [5.74, 6) is 1.62. The molecule has 2 atom stereocenters. The second kappa shape index (κ2) is 15.4. The molecule has 1 aliphatic carbocycles. The molecule has 58 heavy (non-hydrogen) atoms. The number of hydrogen-bond donors (Lipinski definition) is 0. The summed E-state index contributed by atoms with van der Waals surface area (Å²) in [6.45, 7) is 4.26. The first-order chi connectivity index (χ1) is 28.5. The molecule has 8 aromatic rings. The fourth-order valence-electron chi connectivity index (χ4n) is 9.04. The van der Waals surface area contributed by atoms with Gasteiger partial charge >= 0.3 is 0 Å². The van der Waals surface area contributed by atoms with Gasteiger partial charge in [-0.25, -0.2) is 0 Å². The van der Waals surface area contributed by atoms with Crippen molar-refractivity contribution in [3.05, 3.63) is 205 Å². The molecule has 2 aliphatic rings. The Hall–Kier alpha value is -6.64. The molecule has 0 radical (unpaired) electrons. The first-order valence-corrected chi connectivity index (χ1v) is 20.8. The maximum atomic E-state index is 6.67. The van der Waals surface area contributed by atoms with E-state index in [0.29, 0.717) is 12.0 Å². The SMILES string of the molecule is Cc1ccc(-c2cccc(-c3ccc(N(c4ccc(-c5cccc(-c6ccc(C)cc6)c5)cc4)c4ccc(-c5cccc6c5OC5CCCCC65)cc4)cc3)c2)cc1. The lowest BCUT2D eigenvalue weighted by atomic mass is 9.83. The molecule has 1 heterocycles. The van der Waals surface area contributed by atoms with Gasteiger partial charge in [0.1, 0.15) is 11.9 Å². The monoisotopic (exact) mass is 749 g/mol. The van der Waals surface area contributed by atoms with E-state index in [0.717, 1.165) is 29.2 Å². The molecular formula is C56H47NO. The third-order valence-corrected chi connectivity index (χ3v) is 12.3. The van der Waals surface area contributed by atoms with Gasteiger partial charge in [-0.1, -0.05) is 157 Å². The zero-order valence-electron chi connectivity index (χ0n) is 33.2. The molecule has 0 saturated heterocycles. The molecule has 2 unspecified atom stereocenters. The first kappa shape index (κ1) is 35.8. The number of para-hydroxylation sites is 1. The lowest BCUT2D eigenvalue weighted by Crippen LogP contribution is -2.22. The molecule has 8 aromatic carbocycles. The Balaban J connectivity index is 0.992. The lowest BCUT2D eigenvalue weighted by Gasteiger charge is -2.26. The van der Waals surface area contributed by atoms with Gasteiger partial charge in [-0.2, -0.15) is 0 Å². The van der Waals surface area contributed by atoms with Crippen molar-refractivity contribution in [1.82, 2.24) is 0 Å². The van der Waals surface area contributed by atoms with Crippen molar-refractivity contribution in [1.29, 1.82) is 0 Å². The number of nitrogens with zero attached hydrogens (tertiary/aromatic N) is 1. The van der Waals surface area contributed by atoms with Crippen LogP contribution in [0.1, 0.15) is 48.3 Å². The summed E-state index contributed by atoms with van der Waals surface area (Å²) in [6.07, 6.45) is 5.25. The van der Waals surface area contributed by atoms with E-state index in [1.165, 1.54) is 91.6 Å². The van der Waals surface area contributed by atoms with Crippen molar-refractivity contribution in [3.8, 4) is 61.4 Å².